The van der Waals surface area contributed by atoms with Crippen LogP contribution in [0.15, 0.2) is 66.0 Å². The van der Waals surface area contributed by atoms with Gasteiger partial charge < -0.3 is 14.8 Å². The quantitative estimate of drug-likeness (QED) is 0.741. The fourth-order valence-electron chi connectivity index (χ4n) is 2.81. The maximum Gasteiger partial charge on any atom is 0.238 e. The molecule has 2 aliphatic rings. The van der Waals surface area contributed by atoms with Crippen molar-refractivity contribution in [1.29, 1.82) is 5.26 Å². The van der Waals surface area contributed by atoms with Crippen LogP contribution in [0.5, 0.6) is 0 Å². The summed E-state index contributed by atoms with van der Waals surface area (Å²) in [6.45, 7) is 1.07. The Balaban J connectivity index is 1.63. The van der Waals surface area contributed by atoms with Crippen molar-refractivity contribution in [3.8, 4) is 6.07 Å². The van der Waals surface area contributed by atoms with Crippen LogP contribution in [0.2, 0.25) is 0 Å². The highest BCUT2D eigenvalue weighted by Crippen LogP contribution is 2.24. The molecular formula is C20H18N6O2S. The lowest BCUT2D eigenvalue weighted by atomic mass is 10.1. The van der Waals surface area contributed by atoms with Crippen LogP contribution >= 0.6 is 11.3 Å². The summed E-state index contributed by atoms with van der Waals surface area (Å²) in [5.74, 6) is 1.10. The molecule has 0 aromatic carbocycles. The fraction of sp³-hybridized carbons (Fsp3) is 0.200. The molecule has 0 spiro atoms. The maximum absolute atomic E-state index is 9.40. The van der Waals surface area contributed by atoms with E-state index < -0.39 is 0 Å². The number of hydrogen-bond donors (Lipinski definition) is 1. The van der Waals surface area contributed by atoms with E-state index in [0.29, 0.717) is 30.9 Å². The lowest BCUT2D eigenvalue weighted by Gasteiger charge is -2.26. The minimum atomic E-state index is 0.0269. The van der Waals surface area contributed by atoms with E-state index in [0.717, 1.165) is 17.7 Å². The number of hydrogen-bond acceptors (Lipinski definition) is 9. The van der Waals surface area contributed by atoms with Crippen LogP contribution in [-0.2, 0) is 16.0 Å². The Morgan fingerprint density at radius 3 is 2.97 bits per heavy atom. The standard InChI is InChI=1S/C20H18N6O2S/c21-11-17-23-19(22-12-16-7-4-10-29-16)25-20(24-17)26(18-14-27-8-9-28-18)13-15-5-2-1-3-6-15/h1-2,4-5,7-10,14H,3,6,12-13H2,(H,22,23,24,25). The Labute approximate surface area is 172 Å². The van der Waals surface area contributed by atoms with Crippen molar-refractivity contribution < 1.29 is 9.47 Å². The van der Waals surface area contributed by atoms with Crippen LogP contribution in [0.4, 0.5) is 11.9 Å². The van der Waals surface area contributed by atoms with Gasteiger partial charge >= 0.3 is 0 Å². The lowest BCUT2D eigenvalue weighted by molar-refractivity contribution is 0.248. The van der Waals surface area contributed by atoms with Gasteiger partial charge in [-0.25, -0.2) is 0 Å². The Bertz CT molecular complexity index is 1020. The average molecular weight is 406 g/mol. The van der Waals surface area contributed by atoms with Gasteiger partial charge in [0.1, 0.15) is 18.6 Å². The third kappa shape index (κ3) is 4.80. The summed E-state index contributed by atoms with van der Waals surface area (Å²) in [5, 5.41) is 14.6. The van der Waals surface area contributed by atoms with E-state index in [-0.39, 0.29) is 5.82 Å². The van der Waals surface area contributed by atoms with Gasteiger partial charge in [0.15, 0.2) is 6.26 Å². The molecule has 1 aliphatic heterocycles. The van der Waals surface area contributed by atoms with Gasteiger partial charge in [-0.2, -0.15) is 20.2 Å². The Hall–Kier alpha value is -3.64. The SMILES string of the molecule is N#Cc1nc(NCc2cccs2)nc(N(CC2=CC=CCC2)C2=COC=CO2)n1. The molecule has 0 atom stereocenters. The first-order valence-corrected chi connectivity index (χ1v) is 9.91. The highest BCUT2D eigenvalue weighted by Gasteiger charge is 2.22. The number of aromatic nitrogens is 3. The molecule has 0 fully saturated rings. The smallest absolute Gasteiger partial charge is 0.238 e. The Morgan fingerprint density at radius 2 is 2.24 bits per heavy atom. The second-order valence-corrected chi connectivity index (χ2v) is 7.22. The van der Waals surface area contributed by atoms with Crippen molar-refractivity contribution >= 4 is 23.2 Å². The van der Waals surface area contributed by atoms with Gasteiger partial charge in [-0.05, 0) is 24.3 Å². The molecule has 29 heavy (non-hydrogen) atoms. The van der Waals surface area contributed by atoms with E-state index in [2.05, 4.69) is 32.4 Å². The van der Waals surface area contributed by atoms with Crippen molar-refractivity contribution in [1.82, 2.24) is 15.0 Å². The minimum absolute atomic E-state index is 0.0269. The number of nitriles is 1. The number of anilines is 2. The molecule has 2 aromatic rings. The van der Waals surface area contributed by atoms with Crippen molar-refractivity contribution in [2.24, 2.45) is 0 Å². The number of ether oxygens (including phenoxy) is 2. The molecule has 3 heterocycles. The predicted molar refractivity (Wildman–Crippen MR) is 109 cm³/mol. The summed E-state index contributed by atoms with van der Waals surface area (Å²) in [4.78, 5) is 15.9. The van der Waals surface area contributed by atoms with Gasteiger partial charge in [0, 0.05) is 4.88 Å². The molecule has 2 aromatic heterocycles. The van der Waals surface area contributed by atoms with Crippen LogP contribution in [0.1, 0.15) is 23.5 Å². The van der Waals surface area contributed by atoms with Crippen LogP contribution in [0.3, 0.4) is 0 Å². The van der Waals surface area contributed by atoms with Crippen molar-refractivity contribution in [3.63, 3.8) is 0 Å². The number of thiophene rings is 1. The lowest BCUT2D eigenvalue weighted by Crippen LogP contribution is -2.29. The first-order valence-electron chi connectivity index (χ1n) is 9.03. The molecule has 8 nitrogen and oxygen atoms in total. The van der Waals surface area contributed by atoms with E-state index >= 15 is 0 Å². The van der Waals surface area contributed by atoms with Crippen LogP contribution in [0.25, 0.3) is 0 Å². The summed E-state index contributed by atoms with van der Waals surface area (Å²) in [7, 11) is 0. The van der Waals surface area contributed by atoms with Crippen molar-refractivity contribution in [2.75, 3.05) is 16.8 Å². The maximum atomic E-state index is 9.40. The van der Waals surface area contributed by atoms with E-state index in [1.54, 1.807) is 16.2 Å². The fourth-order valence-corrected chi connectivity index (χ4v) is 3.45. The largest absolute Gasteiger partial charge is 0.464 e. The second-order valence-electron chi connectivity index (χ2n) is 6.19. The summed E-state index contributed by atoms with van der Waals surface area (Å²) < 4.78 is 10.9. The zero-order valence-electron chi connectivity index (χ0n) is 15.5. The van der Waals surface area contributed by atoms with Crippen LogP contribution < -0.4 is 10.2 Å². The van der Waals surface area contributed by atoms with E-state index in [9.17, 15) is 5.26 Å². The molecule has 0 saturated heterocycles. The van der Waals surface area contributed by atoms with E-state index in [1.807, 2.05) is 29.7 Å². The van der Waals surface area contributed by atoms with Gasteiger partial charge in [-0.15, -0.1) is 11.3 Å². The monoisotopic (exact) mass is 406 g/mol. The average Bonchev–Trinajstić information content (AvgIpc) is 3.31. The van der Waals surface area contributed by atoms with Gasteiger partial charge in [0.2, 0.25) is 23.6 Å². The zero-order chi connectivity index (χ0) is 19.9. The van der Waals surface area contributed by atoms with Crippen LogP contribution in [-0.4, -0.2) is 21.5 Å². The van der Waals surface area contributed by atoms with E-state index in [4.69, 9.17) is 9.47 Å². The van der Waals surface area contributed by atoms with Crippen LogP contribution in [0, 0.1) is 11.3 Å². The van der Waals surface area contributed by atoms with Gasteiger partial charge in [-0.1, -0.05) is 29.9 Å². The minimum Gasteiger partial charge on any atom is -0.464 e. The topological polar surface area (TPSA) is 96.2 Å². The molecule has 0 saturated carbocycles. The molecule has 4 rings (SSSR count). The molecule has 0 radical (unpaired) electrons. The zero-order valence-corrected chi connectivity index (χ0v) is 16.3. The Kier molecular flexibility index (Phi) is 5.83. The normalized spacial score (nSPS) is 14.9. The number of nitrogens with one attached hydrogen (secondary N) is 1. The summed E-state index contributed by atoms with van der Waals surface area (Å²) >= 11 is 1.63. The molecule has 0 bridgehead atoms. The molecule has 0 unspecified atom stereocenters. The van der Waals surface area contributed by atoms with Gasteiger partial charge in [0.25, 0.3) is 0 Å². The third-order valence-electron chi connectivity index (χ3n) is 4.18. The number of nitrogens with zero attached hydrogens (tertiary/aromatic N) is 5. The summed E-state index contributed by atoms with van der Waals surface area (Å²) in [6, 6.07) is 6.01. The molecular weight excluding hydrogens is 388 g/mol. The van der Waals surface area contributed by atoms with E-state index in [1.165, 1.54) is 24.4 Å². The Morgan fingerprint density at radius 1 is 1.28 bits per heavy atom. The van der Waals surface area contributed by atoms with Gasteiger partial charge in [-0.3, -0.25) is 4.90 Å². The molecule has 9 heteroatoms. The van der Waals surface area contributed by atoms with Crippen molar-refractivity contribution in [3.05, 3.63) is 76.7 Å². The first kappa shape index (κ1) is 18.7. The molecule has 0 amide bonds. The van der Waals surface area contributed by atoms with Crippen molar-refractivity contribution in [2.45, 2.75) is 19.4 Å². The highest BCUT2D eigenvalue weighted by atomic mass is 32.1. The van der Waals surface area contributed by atoms with Gasteiger partial charge in [0.05, 0.1) is 13.1 Å². The third-order valence-corrected chi connectivity index (χ3v) is 5.06. The number of allylic oxidation sites excluding steroid dienone is 3. The predicted octanol–water partition coefficient (Wildman–Crippen LogP) is 3.82. The molecule has 1 aliphatic carbocycles. The highest BCUT2D eigenvalue weighted by molar-refractivity contribution is 7.09. The molecule has 1 N–H and O–H groups in total. The summed E-state index contributed by atoms with van der Waals surface area (Å²) in [6.07, 6.45) is 12.5. The summed E-state index contributed by atoms with van der Waals surface area (Å²) in [5.41, 5.74) is 1.19. The first-order chi connectivity index (χ1) is 14.3. The second kappa shape index (κ2) is 9.03. The number of rotatable bonds is 7. The molecule has 146 valence electrons.